The Bertz CT molecular complexity index is 646. The second-order valence-electron chi connectivity index (χ2n) is 4.71. The number of hydrogen-bond acceptors (Lipinski definition) is 6. The molecule has 1 aromatic rings. The second-order valence-corrected chi connectivity index (χ2v) is 7.44. The molecule has 21 heavy (non-hydrogen) atoms. The van der Waals surface area contributed by atoms with Gasteiger partial charge in [-0.2, -0.15) is 8.42 Å². The summed E-state index contributed by atoms with van der Waals surface area (Å²) in [5.74, 6) is 0.594. The average Bonchev–Trinajstić information content (AvgIpc) is 2.35. The van der Waals surface area contributed by atoms with Gasteiger partial charge in [0.2, 0.25) is 0 Å². The molecule has 1 amide bonds. The Morgan fingerprint density at radius 2 is 2.19 bits per heavy atom. The lowest BCUT2D eigenvalue weighted by molar-refractivity contribution is 0.121. The van der Waals surface area contributed by atoms with E-state index in [0.29, 0.717) is 17.1 Å². The van der Waals surface area contributed by atoms with Gasteiger partial charge in [0.1, 0.15) is 0 Å². The third-order valence-electron chi connectivity index (χ3n) is 2.65. The first kappa shape index (κ1) is 15.8. The monoisotopic (exact) mass is 331 g/mol. The number of amides is 1. The molecular formula is C12H17N3O4S2. The molecule has 3 N–H and O–H groups in total. The number of hydrogen-bond donors (Lipinski definition) is 2. The van der Waals surface area contributed by atoms with Crippen LogP contribution < -0.4 is 14.8 Å². The van der Waals surface area contributed by atoms with E-state index in [1.54, 1.807) is 43.8 Å². The summed E-state index contributed by atoms with van der Waals surface area (Å²) in [6, 6.07) is 5.06. The van der Waals surface area contributed by atoms with Gasteiger partial charge in [0.25, 0.3) is 0 Å². The standard InChI is InChI=1S/C12H17N3O4S2/c1-8(2)19-12(16)14-21(17,18)15-5-6-20-11-4-3-9(13)7-10(11)15/h3-4,7-8H,5-6,13H2,1-2H3,(H,14,16). The average molecular weight is 331 g/mol. The van der Waals surface area contributed by atoms with E-state index in [4.69, 9.17) is 10.5 Å². The molecule has 2 rings (SSSR count). The fourth-order valence-electron chi connectivity index (χ4n) is 1.86. The maximum atomic E-state index is 12.3. The number of fused-ring (bicyclic) bond motifs is 1. The fraction of sp³-hybridized carbons (Fsp3) is 0.417. The highest BCUT2D eigenvalue weighted by Crippen LogP contribution is 2.37. The summed E-state index contributed by atoms with van der Waals surface area (Å²) in [5.41, 5.74) is 6.64. The first-order valence-electron chi connectivity index (χ1n) is 6.33. The number of nitrogens with zero attached hydrogens (tertiary/aromatic N) is 1. The topological polar surface area (TPSA) is 102 Å². The number of rotatable bonds is 3. The van der Waals surface area contributed by atoms with Crippen molar-refractivity contribution in [1.82, 2.24) is 4.72 Å². The lowest BCUT2D eigenvalue weighted by atomic mass is 10.3. The van der Waals surface area contributed by atoms with E-state index in [0.717, 1.165) is 9.20 Å². The molecule has 0 aliphatic carbocycles. The van der Waals surface area contributed by atoms with Crippen molar-refractivity contribution in [2.75, 3.05) is 22.3 Å². The quantitative estimate of drug-likeness (QED) is 0.815. The number of nitrogen functional groups attached to an aromatic ring is 1. The number of thioether (sulfide) groups is 1. The Hall–Kier alpha value is -1.61. The molecule has 0 unspecified atom stereocenters. The van der Waals surface area contributed by atoms with Crippen LogP contribution in [-0.4, -0.2) is 32.9 Å². The van der Waals surface area contributed by atoms with Crippen molar-refractivity contribution in [3.63, 3.8) is 0 Å². The van der Waals surface area contributed by atoms with E-state index in [-0.39, 0.29) is 6.54 Å². The normalized spacial score (nSPS) is 14.7. The zero-order chi connectivity index (χ0) is 15.6. The van der Waals surface area contributed by atoms with Crippen LogP contribution >= 0.6 is 11.8 Å². The smallest absolute Gasteiger partial charge is 0.422 e. The molecule has 116 valence electrons. The van der Waals surface area contributed by atoms with Gasteiger partial charge >= 0.3 is 16.3 Å². The fourth-order valence-corrected chi connectivity index (χ4v) is 4.12. The van der Waals surface area contributed by atoms with E-state index in [9.17, 15) is 13.2 Å². The molecule has 9 heteroatoms. The minimum absolute atomic E-state index is 0.255. The van der Waals surface area contributed by atoms with E-state index < -0.39 is 22.4 Å². The van der Waals surface area contributed by atoms with Gasteiger partial charge in [-0.05, 0) is 32.0 Å². The number of nitrogens with two attached hydrogens (primary N) is 1. The van der Waals surface area contributed by atoms with Crippen molar-refractivity contribution >= 4 is 39.4 Å². The molecule has 1 aliphatic rings. The van der Waals surface area contributed by atoms with E-state index in [1.807, 2.05) is 4.72 Å². The van der Waals surface area contributed by atoms with Crippen LogP contribution in [0.4, 0.5) is 16.2 Å². The van der Waals surface area contributed by atoms with Gasteiger partial charge in [-0.15, -0.1) is 11.8 Å². The summed E-state index contributed by atoms with van der Waals surface area (Å²) >= 11 is 1.54. The number of carbonyl (C=O) groups excluding carboxylic acids is 1. The van der Waals surface area contributed by atoms with E-state index >= 15 is 0 Å². The van der Waals surface area contributed by atoms with Crippen molar-refractivity contribution in [3.8, 4) is 0 Å². The predicted molar refractivity (Wildman–Crippen MR) is 82.6 cm³/mol. The zero-order valence-electron chi connectivity index (χ0n) is 11.7. The van der Waals surface area contributed by atoms with Crippen molar-refractivity contribution in [2.24, 2.45) is 0 Å². The van der Waals surface area contributed by atoms with Gasteiger partial charge < -0.3 is 10.5 Å². The largest absolute Gasteiger partial charge is 0.446 e. The first-order chi connectivity index (χ1) is 9.79. The number of ether oxygens (including phenoxy) is 1. The summed E-state index contributed by atoms with van der Waals surface area (Å²) in [4.78, 5) is 12.3. The molecule has 7 nitrogen and oxygen atoms in total. The SMILES string of the molecule is CC(C)OC(=O)NS(=O)(=O)N1CCSc2ccc(N)cc21. The first-order valence-corrected chi connectivity index (χ1v) is 8.75. The molecule has 1 heterocycles. The number of carbonyl (C=O) groups is 1. The number of benzene rings is 1. The van der Waals surface area contributed by atoms with Crippen LogP contribution in [0.1, 0.15) is 13.8 Å². The number of nitrogens with one attached hydrogen (secondary N) is 1. The van der Waals surface area contributed by atoms with Gasteiger partial charge in [0.15, 0.2) is 0 Å². The third kappa shape index (κ3) is 3.73. The summed E-state index contributed by atoms with van der Waals surface area (Å²) in [5, 5.41) is 0. The van der Waals surface area contributed by atoms with Gasteiger partial charge in [0, 0.05) is 22.9 Å². The Morgan fingerprint density at radius 3 is 2.86 bits per heavy atom. The number of anilines is 2. The van der Waals surface area contributed by atoms with Gasteiger partial charge in [-0.3, -0.25) is 4.31 Å². The zero-order valence-corrected chi connectivity index (χ0v) is 13.3. The van der Waals surface area contributed by atoms with Crippen LogP contribution in [0.15, 0.2) is 23.1 Å². The molecule has 0 bridgehead atoms. The lowest BCUT2D eigenvalue weighted by Crippen LogP contribution is -2.46. The maximum Gasteiger partial charge on any atom is 0.422 e. The van der Waals surface area contributed by atoms with Crippen molar-refractivity contribution in [2.45, 2.75) is 24.8 Å². The highest BCUT2D eigenvalue weighted by atomic mass is 32.2. The Morgan fingerprint density at radius 1 is 1.48 bits per heavy atom. The minimum Gasteiger partial charge on any atom is -0.446 e. The lowest BCUT2D eigenvalue weighted by Gasteiger charge is -2.29. The van der Waals surface area contributed by atoms with Crippen molar-refractivity contribution in [1.29, 1.82) is 0 Å². The molecule has 0 fully saturated rings. The van der Waals surface area contributed by atoms with Crippen LogP contribution in [0.5, 0.6) is 0 Å². The maximum absolute atomic E-state index is 12.3. The molecule has 0 aromatic heterocycles. The van der Waals surface area contributed by atoms with Gasteiger partial charge in [-0.1, -0.05) is 0 Å². The van der Waals surface area contributed by atoms with Gasteiger partial charge in [0.05, 0.1) is 11.8 Å². The molecule has 1 aliphatic heterocycles. The predicted octanol–water partition coefficient (Wildman–Crippen LogP) is 1.56. The molecule has 0 spiro atoms. The third-order valence-corrected chi connectivity index (χ3v) is 5.08. The van der Waals surface area contributed by atoms with Crippen LogP contribution in [0, 0.1) is 0 Å². The van der Waals surface area contributed by atoms with Crippen LogP contribution in [0.2, 0.25) is 0 Å². The molecular weight excluding hydrogens is 314 g/mol. The summed E-state index contributed by atoms with van der Waals surface area (Å²) in [6.07, 6.45) is -1.39. The Balaban J connectivity index is 2.26. The molecule has 0 saturated heterocycles. The Kier molecular flexibility index (Phi) is 4.52. The summed E-state index contributed by atoms with van der Waals surface area (Å²) < 4.78 is 32.5. The Labute approximate surface area is 128 Å². The van der Waals surface area contributed by atoms with Crippen LogP contribution in [0.3, 0.4) is 0 Å². The van der Waals surface area contributed by atoms with Crippen LogP contribution in [0.25, 0.3) is 0 Å². The van der Waals surface area contributed by atoms with Crippen molar-refractivity contribution < 1.29 is 17.9 Å². The molecule has 0 radical (unpaired) electrons. The minimum atomic E-state index is -4.02. The van der Waals surface area contributed by atoms with E-state index in [2.05, 4.69) is 0 Å². The van der Waals surface area contributed by atoms with E-state index in [1.165, 1.54) is 0 Å². The highest BCUT2D eigenvalue weighted by molar-refractivity contribution is 8.00. The summed E-state index contributed by atoms with van der Waals surface area (Å²) in [7, 11) is -4.02. The molecule has 1 aromatic carbocycles. The molecule has 0 atom stereocenters. The second kappa shape index (κ2) is 6.02. The van der Waals surface area contributed by atoms with Crippen LogP contribution in [-0.2, 0) is 14.9 Å². The van der Waals surface area contributed by atoms with Gasteiger partial charge in [-0.25, -0.2) is 9.52 Å². The van der Waals surface area contributed by atoms with Crippen molar-refractivity contribution in [3.05, 3.63) is 18.2 Å². The summed E-state index contributed by atoms with van der Waals surface area (Å²) in [6.45, 7) is 3.53. The molecule has 0 saturated carbocycles. The highest BCUT2D eigenvalue weighted by Gasteiger charge is 2.30.